The van der Waals surface area contributed by atoms with Crippen LogP contribution in [0.15, 0.2) is 12.3 Å². The van der Waals surface area contributed by atoms with Crippen molar-refractivity contribution >= 4 is 0 Å². The van der Waals surface area contributed by atoms with E-state index in [9.17, 15) is 0 Å². The molecule has 1 aromatic rings. The molecule has 1 rings (SSSR count). The second-order valence-electron chi connectivity index (χ2n) is 5.38. The molecule has 3 heteroatoms. The third kappa shape index (κ3) is 3.84. The van der Waals surface area contributed by atoms with Crippen molar-refractivity contribution in [1.29, 1.82) is 0 Å². The minimum Gasteiger partial charge on any atom is -0.306 e. The molecule has 1 N–H and O–H groups in total. The third-order valence-corrected chi connectivity index (χ3v) is 4.24. The first-order valence-corrected chi connectivity index (χ1v) is 7.37. The van der Waals surface area contributed by atoms with Gasteiger partial charge in [-0.2, -0.15) is 5.10 Å². The zero-order valence-corrected chi connectivity index (χ0v) is 12.7. The number of aromatic nitrogens is 2. The van der Waals surface area contributed by atoms with E-state index in [-0.39, 0.29) is 5.54 Å². The molecule has 3 nitrogen and oxygen atoms in total. The van der Waals surface area contributed by atoms with E-state index >= 15 is 0 Å². The first kappa shape index (κ1) is 15.2. The Hall–Kier alpha value is -0.830. The first-order valence-electron chi connectivity index (χ1n) is 7.37. The van der Waals surface area contributed by atoms with Gasteiger partial charge >= 0.3 is 0 Å². The predicted octanol–water partition coefficient (Wildman–Crippen LogP) is 3.91. The van der Waals surface area contributed by atoms with E-state index in [0.717, 1.165) is 37.9 Å². The first-order chi connectivity index (χ1) is 8.58. The highest BCUT2D eigenvalue weighted by Crippen LogP contribution is 2.16. The van der Waals surface area contributed by atoms with Crippen LogP contribution in [0, 0.1) is 0 Å². The van der Waals surface area contributed by atoms with Gasteiger partial charge in [0.2, 0.25) is 0 Å². The van der Waals surface area contributed by atoms with Crippen LogP contribution in [0.4, 0.5) is 0 Å². The highest BCUT2D eigenvalue weighted by atomic mass is 15.3. The Morgan fingerprint density at radius 2 is 1.83 bits per heavy atom. The van der Waals surface area contributed by atoms with E-state index in [1.807, 2.05) is 0 Å². The second kappa shape index (κ2) is 6.93. The Kier molecular flexibility index (Phi) is 5.86. The number of hydrogen-bond donors (Lipinski definition) is 1. The van der Waals surface area contributed by atoms with Crippen molar-refractivity contribution < 1.29 is 0 Å². The van der Waals surface area contributed by atoms with Gasteiger partial charge in [0.05, 0.1) is 11.7 Å². The summed E-state index contributed by atoms with van der Waals surface area (Å²) in [6.45, 7) is 12.1. The predicted molar refractivity (Wildman–Crippen MR) is 77.7 cm³/mol. The fourth-order valence-electron chi connectivity index (χ4n) is 2.14. The van der Waals surface area contributed by atoms with Gasteiger partial charge in [-0.1, -0.05) is 27.7 Å². The average Bonchev–Trinajstić information content (AvgIpc) is 2.86. The number of nitrogens with zero attached hydrogens (tertiary/aromatic N) is 2. The van der Waals surface area contributed by atoms with Gasteiger partial charge in [-0.05, 0) is 38.7 Å². The largest absolute Gasteiger partial charge is 0.306 e. The van der Waals surface area contributed by atoms with Gasteiger partial charge in [0, 0.05) is 18.3 Å². The Morgan fingerprint density at radius 3 is 2.33 bits per heavy atom. The van der Waals surface area contributed by atoms with E-state index in [2.05, 4.69) is 62.0 Å². The van der Waals surface area contributed by atoms with Gasteiger partial charge in [-0.15, -0.1) is 0 Å². The van der Waals surface area contributed by atoms with Crippen LogP contribution in [0.5, 0.6) is 0 Å². The van der Waals surface area contributed by atoms with Crippen LogP contribution in [0.25, 0.3) is 0 Å². The number of rotatable bonds is 8. The maximum Gasteiger partial charge on any atom is 0.0762 e. The third-order valence-electron chi connectivity index (χ3n) is 4.24. The molecule has 0 unspecified atom stereocenters. The van der Waals surface area contributed by atoms with Crippen molar-refractivity contribution in [2.75, 3.05) is 0 Å². The molecule has 0 aromatic carbocycles. The molecule has 0 aliphatic heterocycles. The highest BCUT2D eigenvalue weighted by molar-refractivity contribution is 5.00. The Labute approximate surface area is 112 Å². The maximum absolute atomic E-state index is 4.68. The molecule has 1 heterocycles. The van der Waals surface area contributed by atoms with Crippen molar-refractivity contribution in [3.8, 4) is 0 Å². The summed E-state index contributed by atoms with van der Waals surface area (Å²) in [6, 6.07) is 2.68. The van der Waals surface area contributed by atoms with Crippen molar-refractivity contribution in [2.45, 2.75) is 78.4 Å². The van der Waals surface area contributed by atoms with E-state index < -0.39 is 0 Å². The van der Waals surface area contributed by atoms with Crippen molar-refractivity contribution in [3.05, 3.63) is 18.0 Å². The van der Waals surface area contributed by atoms with Crippen LogP contribution in [0.3, 0.4) is 0 Å². The standard InChI is InChI=1S/C15H29N3/c1-6-14(7-2)18-11-10-13(17-18)12-16-15(5,8-3)9-4/h10-11,14,16H,6-9,12H2,1-5H3. The maximum atomic E-state index is 4.68. The summed E-state index contributed by atoms with van der Waals surface area (Å²) in [4.78, 5) is 0. The summed E-state index contributed by atoms with van der Waals surface area (Å²) >= 11 is 0. The lowest BCUT2D eigenvalue weighted by molar-refractivity contribution is 0.326. The van der Waals surface area contributed by atoms with E-state index in [4.69, 9.17) is 0 Å². The van der Waals surface area contributed by atoms with Crippen LogP contribution < -0.4 is 5.32 Å². The van der Waals surface area contributed by atoms with Gasteiger partial charge in [-0.3, -0.25) is 4.68 Å². The SMILES string of the molecule is CCC(CC)n1ccc(CNC(C)(CC)CC)n1. The van der Waals surface area contributed by atoms with E-state index in [1.54, 1.807) is 0 Å². The Bertz CT molecular complexity index is 335. The van der Waals surface area contributed by atoms with E-state index in [0.29, 0.717) is 6.04 Å². The molecule has 104 valence electrons. The summed E-state index contributed by atoms with van der Waals surface area (Å²) in [5.41, 5.74) is 1.38. The Morgan fingerprint density at radius 1 is 1.22 bits per heavy atom. The quantitative estimate of drug-likeness (QED) is 0.759. The van der Waals surface area contributed by atoms with Crippen molar-refractivity contribution in [2.24, 2.45) is 0 Å². The normalized spacial score (nSPS) is 12.3. The molecule has 0 spiro atoms. The second-order valence-corrected chi connectivity index (χ2v) is 5.38. The molecule has 18 heavy (non-hydrogen) atoms. The van der Waals surface area contributed by atoms with Gasteiger partial charge < -0.3 is 5.32 Å². The van der Waals surface area contributed by atoms with Gasteiger partial charge in [0.25, 0.3) is 0 Å². The fraction of sp³-hybridized carbons (Fsp3) is 0.800. The van der Waals surface area contributed by atoms with Gasteiger partial charge in [0.15, 0.2) is 0 Å². The molecule has 0 bridgehead atoms. The number of nitrogens with one attached hydrogen (secondary N) is 1. The molecule has 0 aliphatic carbocycles. The summed E-state index contributed by atoms with van der Waals surface area (Å²) < 4.78 is 2.12. The molecule has 0 fully saturated rings. The van der Waals surface area contributed by atoms with Crippen LogP contribution in [-0.4, -0.2) is 15.3 Å². The highest BCUT2D eigenvalue weighted by Gasteiger charge is 2.18. The van der Waals surface area contributed by atoms with Crippen LogP contribution in [0.1, 0.15) is 72.0 Å². The molecule has 0 radical (unpaired) electrons. The van der Waals surface area contributed by atoms with Crippen molar-refractivity contribution in [1.82, 2.24) is 15.1 Å². The monoisotopic (exact) mass is 251 g/mol. The molecule has 0 saturated carbocycles. The smallest absolute Gasteiger partial charge is 0.0762 e. The topological polar surface area (TPSA) is 29.9 Å². The minimum atomic E-state index is 0.235. The summed E-state index contributed by atoms with van der Waals surface area (Å²) in [5, 5.41) is 8.30. The lowest BCUT2D eigenvalue weighted by Crippen LogP contribution is -2.40. The van der Waals surface area contributed by atoms with Crippen molar-refractivity contribution in [3.63, 3.8) is 0 Å². The van der Waals surface area contributed by atoms with Crippen LogP contribution >= 0.6 is 0 Å². The summed E-state index contributed by atoms with van der Waals surface area (Å²) in [6.07, 6.45) is 6.71. The van der Waals surface area contributed by atoms with Gasteiger partial charge in [0.1, 0.15) is 0 Å². The molecular formula is C15H29N3. The average molecular weight is 251 g/mol. The van der Waals surface area contributed by atoms with E-state index in [1.165, 1.54) is 0 Å². The molecule has 0 saturated heterocycles. The summed E-state index contributed by atoms with van der Waals surface area (Å²) in [5.74, 6) is 0. The Balaban J connectivity index is 2.59. The zero-order chi connectivity index (χ0) is 13.6. The van der Waals surface area contributed by atoms with Gasteiger partial charge in [-0.25, -0.2) is 0 Å². The van der Waals surface area contributed by atoms with Crippen LogP contribution in [-0.2, 0) is 6.54 Å². The fourth-order valence-corrected chi connectivity index (χ4v) is 2.14. The molecule has 1 aromatic heterocycles. The van der Waals surface area contributed by atoms with Crippen LogP contribution in [0.2, 0.25) is 0 Å². The lowest BCUT2D eigenvalue weighted by Gasteiger charge is -2.28. The molecule has 0 atom stereocenters. The summed E-state index contributed by atoms with van der Waals surface area (Å²) in [7, 11) is 0. The molecular weight excluding hydrogens is 222 g/mol. The zero-order valence-electron chi connectivity index (χ0n) is 12.7. The molecule has 0 aliphatic rings. The number of hydrogen-bond acceptors (Lipinski definition) is 2. The lowest BCUT2D eigenvalue weighted by atomic mass is 9.95. The minimum absolute atomic E-state index is 0.235. The molecule has 0 amide bonds.